The Balaban J connectivity index is 4.12. The SMILES string of the molecule is C=COCCOC(=O)C1C(C(=O)OCCOC=C)C(C(=O)OCCOC=C)C(C(=O)OCCOCC)C(C(=O)OCCOC=C)C1C(=O)OCCOC=C. The number of esters is 6. The number of hydrogen-bond acceptors (Lipinski definition) is 18. The van der Waals surface area contributed by atoms with Crippen molar-refractivity contribution in [1.29, 1.82) is 0 Å². The summed E-state index contributed by atoms with van der Waals surface area (Å²) in [4.78, 5) is 84.7. The van der Waals surface area contributed by atoms with Crippen LogP contribution in [0.3, 0.4) is 0 Å². The molecule has 0 aliphatic heterocycles. The minimum Gasteiger partial charge on any atom is -0.498 e. The van der Waals surface area contributed by atoms with E-state index in [1.807, 2.05) is 0 Å². The van der Waals surface area contributed by atoms with Crippen molar-refractivity contribution in [1.82, 2.24) is 0 Å². The Kier molecular flexibility index (Phi) is 24.1. The molecule has 0 amide bonds. The van der Waals surface area contributed by atoms with Gasteiger partial charge in [0.25, 0.3) is 0 Å². The van der Waals surface area contributed by atoms with Gasteiger partial charge in [-0.25, -0.2) is 0 Å². The van der Waals surface area contributed by atoms with Gasteiger partial charge in [0, 0.05) is 6.61 Å². The number of hydrogen-bond donors (Lipinski definition) is 0. The lowest BCUT2D eigenvalue weighted by Gasteiger charge is -2.45. The van der Waals surface area contributed by atoms with Crippen LogP contribution in [0.15, 0.2) is 64.2 Å². The van der Waals surface area contributed by atoms with Gasteiger partial charge in [0.05, 0.1) is 73.4 Å². The van der Waals surface area contributed by atoms with Gasteiger partial charge in [-0.3, -0.25) is 28.8 Å². The van der Waals surface area contributed by atoms with Gasteiger partial charge in [-0.05, 0) is 6.92 Å². The van der Waals surface area contributed by atoms with Gasteiger partial charge in [0.1, 0.15) is 72.7 Å². The molecule has 4 atom stereocenters. The summed E-state index contributed by atoms with van der Waals surface area (Å²) in [5.74, 6) is -19.7. The van der Waals surface area contributed by atoms with E-state index >= 15 is 0 Å². The highest BCUT2D eigenvalue weighted by Crippen LogP contribution is 2.49. The lowest BCUT2D eigenvalue weighted by Crippen LogP contribution is -2.61. The molecule has 0 aromatic heterocycles. The van der Waals surface area contributed by atoms with E-state index in [0.29, 0.717) is 0 Å². The second-order valence-electron chi connectivity index (χ2n) is 10.5. The molecule has 18 heteroatoms. The highest BCUT2D eigenvalue weighted by Gasteiger charge is 2.66. The Bertz CT molecular complexity index is 1180. The van der Waals surface area contributed by atoms with E-state index in [9.17, 15) is 28.8 Å². The van der Waals surface area contributed by atoms with Gasteiger partial charge in [-0.1, -0.05) is 32.9 Å². The molecule has 0 heterocycles. The summed E-state index contributed by atoms with van der Waals surface area (Å²) in [6, 6.07) is 0. The third-order valence-corrected chi connectivity index (χ3v) is 7.45. The van der Waals surface area contributed by atoms with E-state index in [-0.39, 0.29) is 52.9 Å². The monoisotopic (exact) mass is 770 g/mol. The predicted octanol–water partition coefficient (Wildman–Crippen LogP) is 1.79. The van der Waals surface area contributed by atoms with Crippen LogP contribution in [-0.2, 0) is 85.6 Å². The van der Waals surface area contributed by atoms with Crippen molar-refractivity contribution in [3.8, 4) is 0 Å². The smallest absolute Gasteiger partial charge is 0.310 e. The molecule has 1 rings (SSSR count). The third-order valence-electron chi connectivity index (χ3n) is 7.45. The van der Waals surface area contributed by atoms with Gasteiger partial charge in [-0.2, -0.15) is 0 Å². The molecule has 0 N–H and O–H groups in total. The van der Waals surface area contributed by atoms with Crippen molar-refractivity contribution in [2.24, 2.45) is 35.5 Å². The molecule has 0 aromatic carbocycles. The van der Waals surface area contributed by atoms with Crippen LogP contribution in [0.2, 0.25) is 0 Å². The van der Waals surface area contributed by atoms with Crippen molar-refractivity contribution in [2.75, 3.05) is 85.9 Å². The fraction of sp³-hybridized carbons (Fsp3) is 0.556. The second-order valence-corrected chi connectivity index (χ2v) is 10.5. The van der Waals surface area contributed by atoms with Crippen LogP contribution in [0.4, 0.5) is 0 Å². The minimum absolute atomic E-state index is 0.0950. The lowest BCUT2D eigenvalue weighted by molar-refractivity contribution is -0.201. The third kappa shape index (κ3) is 15.6. The van der Waals surface area contributed by atoms with Crippen LogP contribution in [0.25, 0.3) is 0 Å². The largest absolute Gasteiger partial charge is 0.498 e. The van der Waals surface area contributed by atoms with Crippen LogP contribution in [0.5, 0.6) is 0 Å². The summed E-state index contributed by atoms with van der Waals surface area (Å²) < 4.78 is 62.8. The molecular formula is C36H50O18. The molecule has 1 aliphatic carbocycles. The van der Waals surface area contributed by atoms with Crippen LogP contribution in [-0.4, -0.2) is 122 Å². The molecule has 0 bridgehead atoms. The first-order valence-corrected chi connectivity index (χ1v) is 16.9. The molecule has 0 aromatic rings. The number of rotatable bonds is 30. The second kappa shape index (κ2) is 28.0. The van der Waals surface area contributed by atoms with Gasteiger partial charge in [-0.15, -0.1) is 0 Å². The molecule has 1 fully saturated rings. The fourth-order valence-electron chi connectivity index (χ4n) is 5.39. The van der Waals surface area contributed by atoms with Crippen molar-refractivity contribution < 1.29 is 85.6 Å². The maximum Gasteiger partial charge on any atom is 0.310 e. The highest BCUT2D eigenvalue weighted by atomic mass is 16.6. The van der Waals surface area contributed by atoms with Gasteiger partial charge < -0.3 is 56.8 Å². The zero-order chi connectivity index (χ0) is 40.1. The van der Waals surface area contributed by atoms with E-state index in [1.165, 1.54) is 0 Å². The van der Waals surface area contributed by atoms with Crippen LogP contribution < -0.4 is 0 Å². The normalized spacial score (nSPS) is 19.9. The highest BCUT2D eigenvalue weighted by molar-refractivity contribution is 5.98. The van der Waals surface area contributed by atoms with E-state index in [1.54, 1.807) is 6.92 Å². The molecule has 1 saturated carbocycles. The van der Waals surface area contributed by atoms with Gasteiger partial charge >= 0.3 is 35.8 Å². The van der Waals surface area contributed by atoms with E-state index < -0.39 is 104 Å². The summed E-state index contributed by atoms with van der Waals surface area (Å²) in [5, 5.41) is 0. The quantitative estimate of drug-likeness (QED) is 0.0441. The van der Waals surface area contributed by atoms with Crippen molar-refractivity contribution in [3.63, 3.8) is 0 Å². The first-order valence-electron chi connectivity index (χ1n) is 16.9. The number of carbonyl (C=O) groups is 6. The minimum atomic E-state index is -2.04. The van der Waals surface area contributed by atoms with Crippen molar-refractivity contribution in [2.45, 2.75) is 6.92 Å². The fourth-order valence-corrected chi connectivity index (χ4v) is 5.39. The predicted molar refractivity (Wildman–Crippen MR) is 184 cm³/mol. The summed E-state index contributed by atoms with van der Waals surface area (Å²) in [6.45, 7) is 15.3. The maximum absolute atomic E-state index is 14.1. The average Bonchev–Trinajstić information content (AvgIpc) is 3.17. The molecule has 0 spiro atoms. The first kappa shape index (κ1) is 46.5. The van der Waals surface area contributed by atoms with E-state index in [2.05, 4.69) is 32.9 Å². The molecular weight excluding hydrogens is 720 g/mol. The first-order chi connectivity index (χ1) is 26.2. The zero-order valence-corrected chi connectivity index (χ0v) is 30.4. The maximum atomic E-state index is 14.1. The van der Waals surface area contributed by atoms with Gasteiger partial charge in [0.15, 0.2) is 0 Å². The zero-order valence-electron chi connectivity index (χ0n) is 30.4. The van der Waals surface area contributed by atoms with Crippen LogP contribution >= 0.6 is 0 Å². The number of ether oxygens (including phenoxy) is 12. The Morgan fingerprint density at radius 3 is 0.704 bits per heavy atom. The summed E-state index contributed by atoms with van der Waals surface area (Å²) in [6.07, 6.45) is 5.41. The standard InChI is InChI=1S/C36H50O18/c1-7-43-13-19-49-31(37)25-26(32(38)50-20-14-44-8-2)28(34(40)52-22-16-46-10-4)30(36(42)54-24-18-48-12-6)29(35(41)53-23-17-47-11-5)27(25)33(39)51-21-15-45-9-3/h7-11,25-30H,1-5,12-24H2,6H3. The Labute approximate surface area is 313 Å². The molecule has 1 aliphatic rings. The van der Waals surface area contributed by atoms with Gasteiger partial charge in [0.2, 0.25) is 0 Å². The summed E-state index contributed by atoms with van der Waals surface area (Å²) >= 11 is 0. The molecule has 0 saturated heterocycles. The van der Waals surface area contributed by atoms with E-state index in [4.69, 9.17) is 56.8 Å². The lowest BCUT2D eigenvalue weighted by atomic mass is 9.56. The molecule has 4 unspecified atom stereocenters. The van der Waals surface area contributed by atoms with Crippen molar-refractivity contribution >= 4 is 35.8 Å². The topological polar surface area (TPSA) is 213 Å². The molecule has 54 heavy (non-hydrogen) atoms. The summed E-state index contributed by atoms with van der Waals surface area (Å²) in [7, 11) is 0. The number of carbonyl (C=O) groups excluding carboxylic acids is 6. The Morgan fingerprint density at radius 2 is 0.537 bits per heavy atom. The summed E-state index contributed by atoms with van der Waals surface area (Å²) in [5.41, 5.74) is 0. The van der Waals surface area contributed by atoms with Crippen LogP contribution in [0, 0.1) is 35.5 Å². The average molecular weight is 771 g/mol. The Morgan fingerprint density at radius 1 is 0.352 bits per heavy atom. The molecule has 0 radical (unpaired) electrons. The van der Waals surface area contributed by atoms with E-state index in [0.717, 1.165) is 31.3 Å². The molecule has 302 valence electrons. The van der Waals surface area contributed by atoms with Crippen molar-refractivity contribution in [3.05, 3.63) is 64.2 Å². The molecule has 18 nitrogen and oxygen atoms in total. The van der Waals surface area contributed by atoms with Crippen LogP contribution in [0.1, 0.15) is 6.92 Å². The Hall–Kier alpha value is -5.52.